The Balaban J connectivity index is 1.55. The van der Waals surface area contributed by atoms with Gasteiger partial charge in [0.15, 0.2) is 0 Å². The Morgan fingerprint density at radius 2 is 2.05 bits per heavy atom. The summed E-state index contributed by atoms with van der Waals surface area (Å²) < 4.78 is 11.1. The first-order valence-corrected chi connectivity index (χ1v) is 7.29. The van der Waals surface area contributed by atoms with E-state index in [4.69, 9.17) is 9.47 Å². The number of rotatable bonds is 4. The summed E-state index contributed by atoms with van der Waals surface area (Å²) in [6, 6.07) is 9.10. The van der Waals surface area contributed by atoms with Crippen LogP contribution in [0, 0.1) is 5.41 Å². The molecule has 104 valence electrons. The van der Waals surface area contributed by atoms with Crippen molar-refractivity contribution in [3.05, 3.63) is 29.8 Å². The van der Waals surface area contributed by atoms with Gasteiger partial charge in [0, 0.05) is 11.5 Å². The van der Waals surface area contributed by atoms with Crippen molar-refractivity contribution in [2.45, 2.75) is 32.2 Å². The number of nitrogens with one attached hydrogen (secondary N) is 1. The predicted octanol–water partition coefficient (Wildman–Crippen LogP) is 2.92. The van der Waals surface area contributed by atoms with E-state index in [-0.39, 0.29) is 5.41 Å². The summed E-state index contributed by atoms with van der Waals surface area (Å²) in [5, 5.41) is 3.57. The van der Waals surface area contributed by atoms with E-state index in [0.717, 1.165) is 32.1 Å². The van der Waals surface area contributed by atoms with Crippen LogP contribution in [0.2, 0.25) is 0 Å². The second kappa shape index (κ2) is 5.51. The minimum Gasteiger partial charge on any atom is -0.493 e. The minimum absolute atomic E-state index is 0.212. The number of ether oxygens (including phenoxy) is 2. The third-order valence-electron chi connectivity index (χ3n) is 4.08. The molecule has 2 saturated heterocycles. The van der Waals surface area contributed by atoms with Gasteiger partial charge in [0.1, 0.15) is 5.75 Å². The normalized spacial score (nSPS) is 25.6. The first-order valence-electron chi connectivity index (χ1n) is 7.29. The Hall–Kier alpha value is -1.06. The van der Waals surface area contributed by atoms with Gasteiger partial charge in [0.2, 0.25) is 0 Å². The van der Waals surface area contributed by atoms with E-state index >= 15 is 0 Å². The van der Waals surface area contributed by atoms with Crippen LogP contribution in [0.15, 0.2) is 24.3 Å². The lowest BCUT2D eigenvalue weighted by Crippen LogP contribution is -2.44. The lowest BCUT2D eigenvalue weighted by molar-refractivity contribution is -0.120. The Morgan fingerprint density at radius 1 is 1.26 bits per heavy atom. The Labute approximate surface area is 115 Å². The lowest BCUT2D eigenvalue weighted by atomic mass is 9.90. The van der Waals surface area contributed by atoms with Crippen LogP contribution in [0.5, 0.6) is 5.75 Å². The molecule has 2 heterocycles. The molecular formula is C16H23NO2. The molecule has 1 aromatic rings. The van der Waals surface area contributed by atoms with Crippen molar-refractivity contribution in [2.75, 3.05) is 26.4 Å². The van der Waals surface area contributed by atoms with E-state index in [1.807, 2.05) is 0 Å². The van der Waals surface area contributed by atoms with Gasteiger partial charge in [-0.3, -0.25) is 0 Å². The summed E-state index contributed by atoms with van der Waals surface area (Å²) in [6.45, 7) is 5.72. The fourth-order valence-electron chi connectivity index (χ4n) is 2.72. The quantitative estimate of drug-likeness (QED) is 0.904. The number of piperidine rings is 1. The number of hydrogen-bond acceptors (Lipinski definition) is 3. The van der Waals surface area contributed by atoms with Crippen molar-refractivity contribution in [3.8, 4) is 5.75 Å². The Bertz CT molecular complexity index is 405. The van der Waals surface area contributed by atoms with Crippen molar-refractivity contribution in [1.82, 2.24) is 5.32 Å². The van der Waals surface area contributed by atoms with Crippen molar-refractivity contribution >= 4 is 0 Å². The van der Waals surface area contributed by atoms with Gasteiger partial charge in [0.25, 0.3) is 0 Å². The lowest BCUT2D eigenvalue weighted by Gasteiger charge is -2.37. The highest BCUT2D eigenvalue weighted by atomic mass is 16.5. The van der Waals surface area contributed by atoms with E-state index in [1.54, 1.807) is 0 Å². The molecule has 0 amide bonds. The van der Waals surface area contributed by atoms with E-state index in [0.29, 0.717) is 6.04 Å². The van der Waals surface area contributed by atoms with Crippen molar-refractivity contribution < 1.29 is 9.47 Å². The fourth-order valence-corrected chi connectivity index (χ4v) is 2.72. The second-order valence-corrected chi connectivity index (χ2v) is 6.16. The Morgan fingerprint density at radius 3 is 2.63 bits per heavy atom. The molecule has 2 fully saturated rings. The molecule has 1 N–H and O–H groups in total. The van der Waals surface area contributed by atoms with Crippen LogP contribution < -0.4 is 10.1 Å². The molecule has 3 nitrogen and oxygen atoms in total. The van der Waals surface area contributed by atoms with Crippen LogP contribution in [0.4, 0.5) is 0 Å². The summed E-state index contributed by atoms with van der Waals surface area (Å²) in [5.74, 6) is 0.965. The molecule has 1 aromatic carbocycles. The van der Waals surface area contributed by atoms with E-state index < -0.39 is 0 Å². The van der Waals surface area contributed by atoms with Crippen LogP contribution in [0.3, 0.4) is 0 Å². The molecule has 3 heteroatoms. The smallest absolute Gasteiger partial charge is 0.119 e. The third kappa shape index (κ3) is 3.10. The molecule has 1 atom stereocenters. The maximum absolute atomic E-state index is 5.85. The van der Waals surface area contributed by atoms with Crippen molar-refractivity contribution in [2.24, 2.45) is 5.41 Å². The van der Waals surface area contributed by atoms with Crippen LogP contribution >= 0.6 is 0 Å². The van der Waals surface area contributed by atoms with Crippen LogP contribution in [0.25, 0.3) is 0 Å². The highest BCUT2D eigenvalue weighted by Gasteiger charge is 2.34. The van der Waals surface area contributed by atoms with Crippen LogP contribution in [-0.2, 0) is 4.74 Å². The molecule has 3 rings (SSSR count). The second-order valence-electron chi connectivity index (χ2n) is 6.16. The zero-order valence-electron chi connectivity index (χ0n) is 11.7. The van der Waals surface area contributed by atoms with Crippen LogP contribution in [0.1, 0.15) is 37.8 Å². The zero-order chi connectivity index (χ0) is 13.1. The highest BCUT2D eigenvalue weighted by molar-refractivity contribution is 5.29. The first-order chi connectivity index (χ1) is 9.25. The predicted molar refractivity (Wildman–Crippen MR) is 75.5 cm³/mol. The maximum Gasteiger partial charge on any atom is 0.119 e. The standard InChI is InChI=1S/C16H23NO2/c1-16(10-18-11-16)12-19-14-7-5-13(6-8-14)15-4-2-3-9-17-15/h5-8,15,17H,2-4,9-12H2,1H3. The molecule has 2 aliphatic heterocycles. The number of benzene rings is 1. The van der Waals surface area contributed by atoms with Crippen molar-refractivity contribution in [1.29, 1.82) is 0 Å². The molecular weight excluding hydrogens is 238 g/mol. The van der Waals surface area contributed by atoms with E-state index in [1.165, 1.54) is 24.8 Å². The number of hydrogen-bond donors (Lipinski definition) is 1. The molecule has 2 aliphatic rings. The van der Waals surface area contributed by atoms with Crippen molar-refractivity contribution in [3.63, 3.8) is 0 Å². The zero-order valence-corrected chi connectivity index (χ0v) is 11.7. The summed E-state index contributed by atoms with van der Waals surface area (Å²) in [4.78, 5) is 0. The summed E-state index contributed by atoms with van der Waals surface area (Å²) >= 11 is 0. The summed E-state index contributed by atoms with van der Waals surface area (Å²) in [7, 11) is 0. The monoisotopic (exact) mass is 261 g/mol. The summed E-state index contributed by atoms with van der Waals surface area (Å²) in [5.41, 5.74) is 1.59. The molecule has 0 aromatic heterocycles. The molecule has 19 heavy (non-hydrogen) atoms. The summed E-state index contributed by atoms with van der Waals surface area (Å²) in [6.07, 6.45) is 3.88. The van der Waals surface area contributed by atoms with E-state index in [9.17, 15) is 0 Å². The third-order valence-corrected chi connectivity index (χ3v) is 4.08. The molecule has 0 spiro atoms. The highest BCUT2D eigenvalue weighted by Crippen LogP contribution is 2.28. The largest absolute Gasteiger partial charge is 0.493 e. The van der Waals surface area contributed by atoms with Gasteiger partial charge >= 0.3 is 0 Å². The van der Waals surface area contributed by atoms with Gasteiger partial charge in [-0.15, -0.1) is 0 Å². The topological polar surface area (TPSA) is 30.5 Å². The van der Waals surface area contributed by atoms with Gasteiger partial charge in [-0.25, -0.2) is 0 Å². The maximum atomic E-state index is 5.85. The average Bonchev–Trinajstić information content (AvgIpc) is 2.45. The minimum atomic E-state index is 0.212. The molecule has 0 radical (unpaired) electrons. The molecule has 0 bridgehead atoms. The van der Waals surface area contributed by atoms with Gasteiger partial charge < -0.3 is 14.8 Å². The van der Waals surface area contributed by atoms with Gasteiger partial charge in [0.05, 0.1) is 19.8 Å². The average molecular weight is 261 g/mol. The van der Waals surface area contributed by atoms with Gasteiger partial charge in [-0.1, -0.05) is 25.5 Å². The SMILES string of the molecule is CC1(COc2ccc(C3CCCCN3)cc2)COC1. The van der Waals surface area contributed by atoms with Gasteiger partial charge in [-0.2, -0.15) is 0 Å². The molecule has 0 saturated carbocycles. The molecule has 1 unspecified atom stereocenters. The molecule has 0 aliphatic carbocycles. The Kier molecular flexibility index (Phi) is 3.76. The van der Waals surface area contributed by atoms with Crippen LogP contribution in [-0.4, -0.2) is 26.4 Å². The first kappa shape index (κ1) is 12.9. The van der Waals surface area contributed by atoms with E-state index in [2.05, 4.69) is 36.5 Å². The fraction of sp³-hybridized carbons (Fsp3) is 0.625. The van der Waals surface area contributed by atoms with Gasteiger partial charge in [-0.05, 0) is 37.1 Å².